The van der Waals surface area contributed by atoms with Crippen molar-refractivity contribution in [3.63, 3.8) is 0 Å². The Morgan fingerprint density at radius 3 is 2.39 bits per heavy atom. The fourth-order valence-electron chi connectivity index (χ4n) is 2.07. The molecule has 0 fully saturated rings. The molecule has 2 aromatic rings. The van der Waals surface area contributed by atoms with Gasteiger partial charge in [-0.2, -0.15) is 0 Å². The highest BCUT2D eigenvalue weighted by molar-refractivity contribution is 7.80. The maximum absolute atomic E-state index is 5.78. The van der Waals surface area contributed by atoms with Crippen LogP contribution in [0.2, 0.25) is 0 Å². The summed E-state index contributed by atoms with van der Waals surface area (Å²) < 4.78 is 5.78. The molecule has 0 aliphatic carbocycles. The first kappa shape index (κ1) is 17.3. The molecule has 4 heteroatoms. The Kier molecular flexibility index (Phi) is 7.40. The third-order valence-corrected chi connectivity index (χ3v) is 3.73. The number of hydrogen-bond donors (Lipinski definition) is 2. The van der Waals surface area contributed by atoms with Crippen molar-refractivity contribution in [1.29, 1.82) is 0 Å². The van der Waals surface area contributed by atoms with Crippen LogP contribution in [0, 0.1) is 0 Å². The van der Waals surface area contributed by atoms with E-state index in [9.17, 15) is 0 Å². The van der Waals surface area contributed by atoms with Gasteiger partial charge in [0.15, 0.2) is 5.11 Å². The van der Waals surface area contributed by atoms with Crippen molar-refractivity contribution < 1.29 is 4.74 Å². The molecule has 0 aliphatic heterocycles. The molecule has 0 heterocycles. The minimum absolute atomic E-state index is 0.587. The van der Waals surface area contributed by atoms with Gasteiger partial charge in [0.1, 0.15) is 12.4 Å². The van der Waals surface area contributed by atoms with Gasteiger partial charge in [-0.1, -0.05) is 55.8 Å². The number of nitrogens with one attached hydrogen (secondary N) is 2. The summed E-state index contributed by atoms with van der Waals surface area (Å²) in [6.07, 6.45) is 2.30. The Bertz CT molecular complexity index is 584. The third-order valence-electron chi connectivity index (χ3n) is 3.44. The molecule has 0 bridgehead atoms. The number of rotatable bonds is 8. The maximum atomic E-state index is 5.78. The van der Waals surface area contributed by atoms with Crippen LogP contribution in [0.15, 0.2) is 54.6 Å². The molecule has 0 aliphatic rings. The second kappa shape index (κ2) is 9.85. The molecule has 122 valence electrons. The normalized spacial score (nSPS) is 10.1. The van der Waals surface area contributed by atoms with E-state index in [1.54, 1.807) is 0 Å². The lowest BCUT2D eigenvalue weighted by Crippen LogP contribution is -2.35. The molecule has 0 unspecified atom stereocenters. The molecule has 0 atom stereocenters. The number of ether oxygens (including phenoxy) is 1. The van der Waals surface area contributed by atoms with Crippen molar-refractivity contribution in [2.24, 2.45) is 0 Å². The van der Waals surface area contributed by atoms with Crippen LogP contribution in [0.5, 0.6) is 5.75 Å². The molecular weight excluding hydrogens is 304 g/mol. The van der Waals surface area contributed by atoms with Gasteiger partial charge in [-0.05, 0) is 41.9 Å². The summed E-state index contributed by atoms with van der Waals surface area (Å²) in [5.74, 6) is 0.876. The van der Waals surface area contributed by atoms with E-state index in [4.69, 9.17) is 17.0 Å². The van der Waals surface area contributed by atoms with Crippen LogP contribution in [0.4, 0.5) is 0 Å². The van der Waals surface area contributed by atoms with Crippen molar-refractivity contribution in [3.05, 3.63) is 65.7 Å². The van der Waals surface area contributed by atoms with Gasteiger partial charge in [0.05, 0.1) is 0 Å². The molecule has 0 saturated carbocycles. The summed E-state index contributed by atoms with van der Waals surface area (Å²) in [4.78, 5) is 0. The molecule has 2 aromatic carbocycles. The van der Waals surface area contributed by atoms with Crippen molar-refractivity contribution in [1.82, 2.24) is 10.6 Å². The van der Waals surface area contributed by atoms with Crippen LogP contribution < -0.4 is 15.4 Å². The molecule has 3 nitrogen and oxygen atoms in total. The van der Waals surface area contributed by atoms with Crippen molar-refractivity contribution >= 4 is 17.3 Å². The Hall–Kier alpha value is -2.07. The Morgan fingerprint density at radius 2 is 1.70 bits per heavy atom. The number of thiocarbonyl (C=S) groups is 1. The van der Waals surface area contributed by atoms with Gasteiger partial charge in [0.2, 0.25) is 0 Å². The van der Waals surface area contributed by atoms with Gasteiger partial charge in [-0.3, -0.25) is 0 Å². The lowest BCUT2D eigenvalue weighted by molar-refractivity contribution is 0.306. The summed E-state index contributed by atoms with van der Waals surface area (Å²) in [5.41, 5.74) is 2.35. The van der Waals surface area contributed by atoms with Gasteiger partial charge in [-0.25, -0.2) is 0 Å². The van der Waals surface area contributed by atoms with E-state index >= 15 is 0 Å². The smallest absolute Gasteiger partial charge is 0.166 e. The summed E-state index contributed by atoms with van der Waals surface area (Å²) in [6.45, 7) is 4.40. The third kappa shape index (κ3) is 6.70. The van der Waals surface area contributed by atoms with Crippen LogP contribution in [-0.4, -0.2) is 11.7 Å². The van der Waals surface area contributed by atoms with E-state index in [-0.39, 0.29) is 0 Å². The van der Waals surface area contributed by atoms with Crippen molar-refractivity contribution in [2.45, 2.75) is 32.9 Å². The fourth-order valence-corrected chi connectivity index (χ4v) is 2.24. The van der Waals surface area contributed by atoms with E-state index < -0.39 is 0 Å². The Balaban J connectivity index is 1.72. The zero-order chi connectivity index (χ0) is 16.3. The van der Waals surface area contributed by atoms with E-state index in [0.717, 1.165) is 25.3 Å². The Labute approximate surface area is 144 Å². The van der Waals surface area contributed by atoms with Crippen LogP contribution in [0.3, 0.4) is 0 Å². The highest BCUT2D eigenvalue weighted by atomic mass is 32.1. The lowest BCUT2D eigenvalue weighted by Gasteiger charge is -2.11. The van der Waals surface area contributed by atoms with Crippen molar-refractivity contribution in [3.8, 4) is 5.75 Å². The summed E-state index contributed by atoms with van der Waals surface area (Å²) in [6, 6.07) is 18.3. The standard InChI is InChI=1S/C19H24N2OS/c1-2-3-13-20-19(23)21-14-16-9-11-18(12-10-16)22-15-17-7-5-4-6-8-17/h4-12H,2-3,13-15H2,1H3,(H2,20,21,23). The van der Waals surface area contributed by atoms with Crippen LogP contribution in [0.25, 0.3) is 0 Å². The lowest BCUT2D eigenvalue weighted by atomic mass is 10.2. The average Bonchev–Trinajstić information content (AvgIpc) is 2.60. The predicted molar refractivity (Wildman–Crippen MR) is 99.6 cm³/mol. The summed E-state index contributed by atoms with van der Waals surface area (Å²) in [7, 11) is 0. The first-order valence-corrected chi connectivity index (χ1v) is 8.46. The van der Waals surface area contributed by atoms with E-state index in [1.807, 2.05) is 30.3 Å². The molecule has 0 spiro atoms. The monoisotopic (exact) mass is 328 g/mol. The number of benzene rings is 2. The first-order valence-electron chi connectivity index (χ1n) is 8.05. The van der Waals surface area contributed by atoms with Crippen LogP contribution in [0.1, 0.15) is 30.9 Å². The maximum Gasteiger partial charge on any atom is 0.166 e. The zero-order valence-electron chi connectivity index (χ0n) is 13.5. The summed E-state index contributed by atoms with van der Waals surface area (Å²) in [5, 5.41) is 7.12. The van der Waals surface area contributed by atoms with Gasteiger partial charge >= 0.3 is 0 Å². The molecular formula is C19H24N2OS. The topological polar surface area (TPSA) is 33.3 Å². The predicted octanol–water partition coefficient (Wildman–Crippen LogP) is 4.03. The average molecular weight is 328 g/mol. The second-order valence-corrected chi connectivity index (χ2v) is 5.79. The Morgan fingerprint density at radius 1 is 0.957 bits per heavy atom. The highest BCUT2D eigenvalue weighted by Gasteiger charge is 1.99. The van der Waals surface area contributed by atoms with Gasteiger partial charge < -0.3 is 15.4 Å². The minimum atomic E-state index is 0.587. The van der Waals surface area contributed by atoms with Gasteiger partial charge in [-0.15, -0.1) is 0 Å². The van der Waals surface area contributed by atoms with Gasteiger partial charge in [0.25, 0.3) is 0 Å². The van der Waals surface area contributed by atoms with Crippen LogP contribution in [-0.2, 0) is 13.2 Å². The molecule has 0 amide bonds. The highest BCUT2D eigenvalue weighted by Crippen LogP contribution is 2.14. The van der Waals surface area contributed by atoms with E-state index in [2.05, 4.69) is 41.8 Å². The minimum Gasteiger partial charge on any atom is -0.489 e. The summed E-state index contributed by atoms with van der Waals surface area (Å²) >= 11 is 5.24. The first-order chi connectivity index (χ1) is 11.3. The van der Waals surface area contributed by atoms with Crippen LogP contribution >= 0.6 is 12.2 Å². The number of unbranched alkanes of at least 4 members (excludes halogenated alkanes) is 1. The largest absolute Gasteiger partial charge is 0.489 e. The van der Waals surface area contributed by atoms with Crippen molar-refractivity contribution in [2.75, 3.05) is 6.54 Å². The molecule has 0 aromatic heterocycles. The number of hydrogen-bond acceptors (Lipinski definition) is 2. The van der Waals surface area contributed by atoms with Gasteiger partial charge in [0, 0.05) is 13.1 Å². The zero-order valence-corrected chi connectivity index (χ0v) is 14.4. The molecule has 2 N–H and O–H groups in total. The second-order valence-electron chi connectivity index (χ2n) is 5.38. The SMILES string of the molecule is CCCCNC(=S)NCc1ccc(OCc2ccccc2)cc1. The van der Waals surface area contributed by atoms with E-state index in [0.29, 0.717) is 11.7 Å². The fraction of sp³-hybridized carbons (Fsp3) is 0.316. The molecule has 0 radical (unpaired) electrons. The molecule has 2 rings (SSSR count). The van der Waals surface area contributed by atoms with E-state index in [1.165, 1.54) is 17.5 Å². The molecule has 0 saturated heterocycles. The molecule has 23 heavy (non-hydrogen) atoms. The quantitative estimate of drug-likeness (QED) is 0.566.